The molecule has 3 aromatic rings. The number of rotatable bonds is 11. The maximum absolute atomic E-state index is 11.7. The van der Waals surface area contributed by atoms with Gasteiger partial charge in [0.15, 0.2) is 0 Å². The summed E-state index contributed by atoms with van der Waals surface area (Å²) in [5.41, 5.74) is 4.84. The van der Waals surface area contributed by atoms with Gasteiger partial charge in [-0.3, -0.25) is 4.79 Å². The summed E-state index contributed by atoms with van der Waals surface area (Å²) in [7, 11) is 1.70. The summed E-state index contributed by atoms with van der Waals surface area (Å²) in [6.45, 7) is 3.47. The van der Waals surface area contributed by atoms with Crippen LogP contribution in [-0.4, -0.2) is 36.8 Å². The van der Waals surface area contributed by atoms with E-state index in [4.69, 9.17) is 4.74 Å². The van der Waals surface area contributed by atoms with Crippen LogP contribution in [-0.2, 0) is 17.8 Å². The van der Waals surface area contributed by atoms with E-state index in [2.05, 4.69) is 78.2 Å². The van der Waals surface area contributed by atoms with E-state index in [-0.39, 0.29) is 30.3 Å². The second-order valence-electron chi connectivity index (χ2n) is 9.39. The Bertz CT molecular complexity index is 1050. The Morgan fingerprint density at radius 1 is 1.06 bits per heavy atom. The summed E-state index contributed by atoms with van der Waals surface area (Å²) in [6, 6.07) is 27.4. The first-order valence-electron chi connectivity index (χ1n) is 12.5. The maximum Gasteiger partial charge on any atom is 0.303 e. The predicted octanol–water partition coefficient (Wildman–Crippen LogP) is 5.00. The molecule has 0 bridgehead atoms. The first kappa shape index (κ1) is 25.0. The van der Waals surface area contributed by atoms with Gasteiger partial charge in [-0.25, -0.2) is 0 Å². The molecular formula is C30H36N2O3. The van der Waals surface area contributed by atoms with Gasteiger partial charge in [-0.1, -0.05) is 86.1 Å². The molecule has 0 aliphatic carbocycles. The van der Waals surface area contributed by atoms with Crippen molar-refractivity contribution in [1.82, 2.24) is 10.6 Å². The third kappa shape index (κ3) is 6.11. The van der Waals surface area contributed by atoms with Gasteiger partial charge in [0.2, 0.25) is 0 Å². The summed E-state index contributed by atoms with van der Waals surface area (Å²) < 4.78 is 5.65. The van der Waals surface area contributed by atoms with Gasteiger partial charge >= 0.3 is 5.97 Å². The third-order valence-electron chi connectivity index (χ3n) is 7.04. The Labute approximate surface area is 208 Å². The molecule has 3 N–H and O–H groups in total. The van der Waals surface area contributed by atoms with Crippen molar-refractivity contribution in [3.05, 3.63) is 101 Å². The second kappa shape index (κ2) is 12.0. The van der Waals surface area contributed by atoms with Crippen LogP contribution in [0.25, 0.3) is 0 Å². The van der Waals surface area contributed by atoms with E-state index in [0.717, 1.165) is 24.2 Å². The summed E-state index contributed by atoms with van der Waals surface area (Å²) in [6.07, 6.45) is 2.24. The fraction of sp³-hybridized carbons (Fsp3) is 0.367. The van der Waals surface area contributed by atoms with E-state index in [0.29, 0.717) is 13.1 Å². The summed E-state index contributed by atoms with van der Waals surface area (Å²) >= 11 is 0. The molecule has 1 heterocycles. The average molecular weight is 473 g/mol. The summed E-state index contributed by atoms with van der Waals surface area (Å²) in [4.78, 5) is 11.7. The molecule has 1 aliphatic heterocycles. The number of nitrogens with one attached hydrogen (secondary N) is 2. The van der Waals surface area contributed by atoms with Crippen molar-refractivity contribution in [2.24, 2.45) is 5.92 Å². The van der Waals surface area contributed by atoms with Crippen LogP contribution in [0, 0.1) is 5.92 Å². The predicted molar refractivity (Wildman–Crippen MR) is 140 cm³/mol. The zero-order chi connectivity index (χ0) is 24.6. The summed E-state index contributed by atoms with van der Waals surface area (Å²) in [5.74, 6) is 0.180. The highest BCUT2D eigenvalue weighted by molar-refractivity contribution is 5.67. The molecule has 1 fully saturated rings. The van der Waals surface area contributed by atoms with Gasteiger partial charge in [-0.05, 0) is 35.1 Å². The number of hydrogen-bond acceptors (Lipinski definition) is 4. The standard InChI is InChI=1S/C30H36N2O3/c1-3-10-21-15-16-26(35-2)24(17-21)19-31-29-25(18-27(33)34)20-32-30(29)28(22-11-6-4-7-12-22)23-13-8-5-9-14-23/h4-9,11-17,25,28-32H,3,10,18-20H2,1-2H3,(H,33,34)/t25-,29-,30-/m0/s1. The lowest BCUT2D eigenvalue weighted by Crippen LogP contribution is -2.47. The lowest BCUT2D eigenvalue weighted by molar-refractivity contribution is -0.138. The Balaban J connectivity index is 1.66. The van der Waals surface area contributed by atoms with Crippen molar-refractivity contribution in [2.75, 3.05) is 13.7 Å². The minimum Gasteiger partial charge on any atom is -0.496 e. The summed E-state index contributed by atoms with van der Waals surface area (Å²) in [5, 5.41) is 17.1. The lowest BCUT2D eigenvalue weighted by atomic mass is 9.80. The first-order chi connectivity index (χ1) is 17.1. The zero-order valence-corrected chi connectivity index (χ0v) is 20.6. The molecule has 0 spiro atoms. The monoisotopic (exact) mass is 472 g/mol. The molecule has 3 atom stereocenters. The molecule has 5 heteroatoms. The number of carboxylic acids is 1. The molecular weight excluding hydrogens is 436 g/mol. The van der Waals surface area contributed by atoms with Gasteiger partial charge < -0.3 is 20.5 Å². The Kier molecular flexibility index (Phi) is 8.56. The number of carbonyl (C=O) groups is 1. The topological polar surface area (TPSA) is 70.6 Å². The van der Waals surface area contributed by atoms with Crippen molar-refractivity contribution < 1.29 is 14.6 Å². The van der Waals surface area contributed by atoms with Crippen LogP contribution in [0.4, 0.5) is 0 Å². The third-order valence-corrected chi connectivity index (χ3v) is 7.04. The minimum absolute atomic E-state index is 0.0164. The molecule has 3 aromatic carbocycles. The normalized spacial score (nSPS) is 19.7. The molecule has 1 aliphatic rings. The van der Waals surface area contributed by atoms with Gasteiger partial charge in [0.1, 0.15) is 5.75 Å². The fourth-order valence-electron chi connectivity index (χ4n) is 5.45. The van der Waals surface area contributed by atoms with Gasteiger partial charge in [0, 0.05) is 36.7 Å². The lowest BCUT2D eigenvalue weighted by Gasteiger charge is -2.32. The quantitative estimate of drug-likeness (QED) is 0.366. The number of aliphatic carboxylic acids is 1. The van der Waals surface area contributed by atoms with Crippen molar-refractivity contribution >= 4 is 5.97 Å². The second-order valence-corrected chi connectivity index (χ2v) is 9.39. The van der Waals surface area contributed by atoms with Gasteiger partial charge in [0.05, 0.1) is 13.5 Å². The molecule has 1 saturated heterocycles. The van der Waals surface area contributed by atoms with Crippen LogP contribution in [0.3, 0.4) is 0 Å². The van der Waals surface area contributed by atoms with E-state index in [1.54, 1.807) is 7.11 Å². The molecule has 184 valence electrons. The molecule has 0 aromatic heterocycles. The Morgan fingerprint density at radius 2 is 1.71 bits per heavy atom. The van der Waals surface area contributed by atoms with E-state index < -0.39 is 5.97 Å². The van der Waals surface area contributed by atoms with E-state index in [1.807, 2.05) is 18.2 Å². The number of carboxylic acid groups (broad SMARTS) is 1. The van der Waals surface area contributed by atoms with Gasteiger partial charge in [-0.15, -0.1) is 0 Å². The molecule has 0 unspecified atom stereocenters. The minimum atomic E-state index is -0.761. The van der Waals surface area contributed by atoms with E-state index in [9.17, 15) is 9.90 Å². The van der Waals surface area contributed by atoms with Crippen molar-refractivity contribution in [1.29, 1.82) is 0 Å². The van der Waals surface area contributed by atoms with Crippen LogP contribution >= 0.6 is 0 Å². The highest BCUT2D eigenvalue weighted by atomic mass is 16.5. The molecule has 4 rings (SSSR count). The Morgan fingerprint density at radius 3 is 2.29 bits per heavy atom. The van der Waals surface area contributed by atoms with Crippen LogP contribution in [0.15, 0.2) is 78.9 Å². The van der Waals surface area contributed by atoms with Crippen LogP contribution in [0.5, 0.6) is 5.75 Å². The Hall–Kier alpha value is -3.15. The highest BCUT2D eigenvalue weighted by Gasteiger charge is 2.41. The van der Waals surface area contributed by atoms with Gasteiger partial charge in [0.25, 0.3) is 0 Å². The average Bonchev–Trinajstić information content (AvgIpc) is 3.25. The molecule has 0 radical (unpaired) electrons. The SMILES string of the molecule is CCCc1ccc(OC)c(CN[C@H]2[C@@H](CC(=O)O)CN[C@H]2C(c2ccccc2)c2ccccc2)c1. The van der Waals surface area contributed by atoms with Crippen molar-refractivity contribution in [2.45, 2.75) is 50.7 Å². The van der Waals surface area contributed by atoms with Crippen LogP contribution < -0.4 is 15.4 Å². The smallest absolute Gasteiger partial charge is 0.303 e. The molecule has 0 amide bonds. The molecule has 0 saturated carbocycles. The number of benzene rings is 3. The highest BCUT2D eigenvalue weighted by Crippen LogP contribution is 2.35. The fourth-order valence-corrected chi connectivity index (χ4v) is 5.45. The number of methoxy groups -OCH3 is 1. The molecule has 5 nitrogen and oxygen atoms in total. The van der Waals surface area contributed by atoms with E-state index >= 15 is 0 Å². The van der Waals surface area contributed by atoms with E-state index in [1.165, 1.54) is 16.7 Å². The number of hydrogen-bond donors (Lipinski definition) is 3. The number of aryl methyl sites for hydroxylation is 1. The first-order valence-corrected chi connectivity index (χ1v) is 12.5. The van der Waals surface area contributed by atoms with Crippen LogP contribution in [0.2, 0.25) is 0 Å². The molecule has 35 heavy (non-hydrogen) atoms. The van der Waals surface area contributed by atoms with Gasteiger partial charge in [-0.2, -0.15) is 0 Å². The largest absolute Gasteiger partial charge is 0.496 e. The maximum atomic E-state index is 11.7. The number of ether oxygens (including phenoxy) is 1. The van der Waals surface area contributed by atoms with Crippen LogP contribution in [0.1, 0.15) is 47.9 Å². The van der Waals surface area contributed by atoms with Crippen molar-refractivity contribution in [3.63, 3.8) is 0 Å². The van der Waals surface area contributed by atoms with Crippen molar-refractivity contribution in [3.8, 4) is 5.75 Å². The zero-order valence-electron chi connectivity index (χ0n) is 20.6.